The van der Waals surface area contributed by atoms with Crippen molar-refractivity contribution in [2.75, 3.05) is 77.9 Å². The third-order valence-corrected chi connectivity index (χ3v) is 39.4. The number of amides is 8. The third kappa shape index (κ3) is 20.8. The van der Waals surface area contributed by atoms with Crippen LogP contribution in [0.5, 0.6) is 0 Å². The monoisotopic (exact) mass is 1960 g/mol. The van der Waals surface area contributed by atoms with Gasteiger partial charge in [-0.15, -0.1) is 0 Å². The van der Waals surface area contributed by atoms with Crippen LogP contribution >= 0.6 is 0 Å². The highest BCUT2D eigenvalue weighted by atomic mass is 32.2. The van der Waals surface area contributed by atoms with Crippen molar-refractivity contribution in [3.63, 3.8) is 0 Å². The summed E-state index contributed by atoms with van der Waals surface area (Å²) in [7, 11) is -13.7. The lowest BCUT2D eigenvalue weighted by atomic mass is 10.1. The van der Waals surface area contributed by atoms with E-state index < -0.39 is 131 Å². The number of hydrogen-bond acceptors (Lipinski definition) is 22. The van der Waals surface area contributed by atoms with Gasteiger partial charge in [0.1, 0.15) is 56.1 Å². The van der Waals surface area contributed by atoms with Crippen molar-refractivity contribution in [2.24, 2.45) is 0 Å². The quantitative estimate of drug-likeness (QED) is 0.0350. The molecule has 1 saturated heterocycles. The smallest absolute Gasteiger partial charge is 0.270 e. The lowest BCUT2D eigenvalue weighted by Crippen LogP contribution is -2.53. The molecule has 34 nitrogen and oxygen atoms in total. The normalized spacial score (nSPS) is 17.6. The summed E-state index contributed by atoms with van der Waals surface area (Å²) >= 11 is 0. The molecule has 39 heteroatoms. The van der Waals surface area contributed by atoms with Crippen LogP contribution in [-0.2, 0) is 96.4 Å². The second-order valence-corrected chi connectivity index (χ2v) is 50.4. The van der Waals surface area contributed by atoms with Crippen LogP contribution in [0, 0.1) is 33.5 Å². The molecule has 9 aliphatic rings. The first-order valence-electron chi connectivity index (χ1n) is 45.8. The largest absolute Gasteiger partial charge is 0.396 e. The van der Waals surface area contributed by atoms with Crippen LogP contribution in [0.3, 0.4) is 0 Å². The average molecular weight is 1960 g/mol. The molecule has 4 aliphatic carbocycles. The minimum atomic E-state index is -3.46. The van der Waals surface area contributed by atoms with E-state index in [1.165, 1.54) is 92.5 Å². The van der Waals surface area contributed by atoms with Gasteiger partial charge in [0.05, 0.1) is 47.4 Å². The Morgan fingerprint density at radius 3 is 0.905 bits per heavy atom. The fourth-order valence-electron chi connectivity index (χ4n) is 17.7. The molecule has 0 atom stereocenters. The summed E-state index contributed by atoms with van der Waals surface area (Å²) < 4.78 is 122. The minimum Gasteiger partial charge on any atom is -0.396 e. The Hall–Kier alpha value is -11.9. The van der Waals surface area contributed by atoms with E-state index in [9.17, 15) is 95.6 Å². The van der Waals surface area contributed by atoms with E-state index in [2.05, 4.69) is 21.3 Å². The van der Waals surface area contributed by atoms with Crippen molar-refractivity contribution in [3.05, 3.63) is 276 Å². The number of aliphatic hydroxyl groups excluding tert-OH is 1. The number of carbonyl (C=O) groups excluding carboxylic acids is 8. The summed E-state index contributed by atoms with van der Waals surface area (Å²) in [5.41, 5.74) is 5.39. The number of sulfone groups is 4. The van der Waals surface area contributed by atoms with Gasteiger partial charge in [-0.2, -0.15) is 0 Å². The summed E-state index contributed by atoms with van der Waals surface area (Å²) in [5, 5.41) is 19.4. The van der Waals surface area contributed by atoms with Crippen molar-refractivity contribution < 1.29 is 86.3 Å². The minimum absolute atomic E-state index is 0.0221. The van der Waals surface area contributed by atoms with Crippen molar-refractivity contribution in [1.29, 1.82) is 0 Å². The molecular weight excluding hydrogens is 1840 g/mol. The van der Waals surface area contributed by atoms with Gasteiger partial charge in [0, 0.05) is 111 Å². The maximum absolute atomic E-state index is 13.7. The molecule has 732 valence electrons. The van der Waals surface area contributed by atoms with E-state index in [4.69, 9.17) is 9.84 Å². The summed E-state index contributed by atoms with van der Waals surface area (Å²) in [4.78, 5) is 161. The Morgan fingerprint density at radius 1 is 0.380 bits per heavy atom. The van der Waals surface area contributed by atoms with E-state index in [0.29, 0.717) is 62.5 Å². The van der Waals surface area contributed by atoms with Gasteiger partial charge >= 0.3 is 0 Å². The lowest BCUT2D eigenvalue weighted by molar-refractivity contribution is 0.0407. The topological polar surface area (TPSA) is 452 Å². The van der Waals surface area contributed by atoms with Gasteiger partial charge < -0.3 is 69.0 Å². The summed E-state index contributed by atoms with van der Waals surface area (Å²) in [5.74, 6) is -4.22. The molecule has 0 radical (unpaired) electrons. The zero-order valence-electron chi connectivity index (χ0n) is 78.5. The van der Waals surface area contributed by atoms with Crippen LogP contribution < -0.4 is 43.5 Å². The molecule has 4 saturated carbocycles. The molecule has 4 aromatic carbocycles. The number of hydrogen-bond donors (Lipinski definition) is 5. The zero-order chi connectivity index (χ0) is 99.2. The number of nitrogens with zero attached hydrogens (tertiary/aromatic N) is 8. The number of carbonyl (C=O) groups is 8. The van der Waals surface area contributed by atoms with E-state index in [1.54, 1.807) is 60.6 Å². The number of rotatable bonds is 28. The molecule has 5 N–H and O–H groups in total. The predicted octanol–water partition coefficient (Wildman–Crippen LogP) is 6.48. The predicted molar refractivity (Wildman–Crippen MR) is 510 cm³/mol. The highest BCUT2D eigenvalue weighted by Gasteiger charge is 2.63. The van der Waals surface area contributed by atoms with Crippen LogP contribution in [0.15, 0.2) is 159 Å². The first-order chi connectivity index (χ1) is 64.5. The maximum atomic E-state index is 13.7. The van der Waals surface area contributed by atoms with Crippen molar-refractivity contribution >= 4 is 86.6 Å². The number of halogens is 1. The first-order valence-corrected chi connectivity index (χ1v) is 52.0. The van der Waals surface area contributed by atoms with Gasteiger partial charge in [0.15, 0.2) is 39.3 Å². The van der Waals surface area contributed by atoms with Crippen LogP contribution in [0.4, 0.5) is 4.39 Å². The number of aromatic nitrogens is 4. The van der Waals surface area contributed by atoms with E-state index in [-0.39, 0.29) is 199 Å². The maximum Gasteiger partial charge on any atom is 0.270 e. The van der Waals surface area contributed by atoms with Crippen molar-refractivity contribution in [2.45, 2.75) is 213 Å². The second-order valence-electron chi connectivity index (χ2n) is 39.1. The van der Waals surface area contributed by atoms with Crippen LogP contribution in [0.2, 0.25) is 0 Å². The molecule has 5 aliphatic heterocycles. The van der Waals surface area contributed by atoms with Crippen molar-refractivity contribution in [3.8, 4) is 0 Å². The Labute approximate surface area is 794 Å². The molecule has 8 amide bonds. The summed E-state index contributed by atoms with van der Waals surface area (Å²) in [6.45, 7) is 20.7. The summed E-state index contributed by atoms with van der Waals surface area (Å²) in [6.07, 6.45) is 4.28. The number of pyridine rings is 4. The first kappa shape index (κ1) is 101. The molecule has 137 heavy (non-hydrogen) atoms. The fraction of sp³-hybridized carbons (Fsp3) is 0.469. The lowest BCUT2D eigenvalue weighted by Gasteiger charge is -2.35. The third-order valence-electron chi connectivity index (χ3n) is 27.3. The number of nitrogens with one attached hydrogen (secondary N) is 4. The molecule has 8 aromatic rings. The van der Waals surface area contributed by atoms with Gasteiger partial charge in [-0.3, -0.25) is 57.5 Å². The summed E-state index contributed by atoms with van der Waals surface area (Å²) in [6, 6.07) is 39.0. The van der Waals surface area contributed by atoms with E-state index >= 15 is 0 Å². The van der Waals surface area contributed by atoms with Crippen molar-refractivity contribution in [1.82, 2.24) is 59.1 Å². The standard InChI is InChI=1S/C25H30FN3O5S.C25H31N3O5S.C24H27N3O6S.C24H29N3O6S/c1-16-5-6-17(13-19(16)26)14-27-21(30)18-7-8-20-23(32)28(11-12-29(20)22(18)31)15-25(9-10-25)35(33,34)24(2,3)4;1-17-5-7-18(8-6-17)15-26-21(29)19-9-10-20-23(31)27(13-14-28(20)22(19)30)16-25(11-12-25)34(32,33)24(2,3)4;1-16-2-4-17(5-3-16)12-25-21(28)19-6-7-20-23(30)26(10-11-27(20)22(19)29)15-24(8-9-24)34(31,32)18-13-33-14-18;1-17-3-5-18(6-4-17)15-25-21(29)19-7-8-20-23(31)26(11-12-27(20)22(19)30)16-24(9-10-24)34(32,33)14-2-13-28/h5-8,13H,9-12,14-15H2,1-4H3,(H,27,30);5-10H,11-16H2,1-4H3,(H,26,29);2-7,18H,8-15H2,1H3,(H,25,28);3-8,28H,2,9-16H2,1H3,(H,25,29). The SMILES string of the molecule is Cc1ccc(CNC(=O)c2ccc3n(c2=O)CCN(CC2(S(=O)(=O)C(C)(C)C)CC2)C3=O)cc1.Cc1ccc(CNC(=O)c2ccc3n(c2=O)CCN(CC2(S(=O)(=O)C(C)(C)C)CC2)C3=O)cc1F.Cc1ccc(CNC(=O)c2ccc3n(c2=O)CCN(CC2(S(=O)(=O)C4COC4)CC2)C3=O)cc1.Cc1ccc(CNC(=O)c2ccc3n(c2=O)CCN(CC2(S(=O)(=O)CCCO)CC2)C3=O)cc1. The number of benzene rings is 4. The average Bonchev–Trinajstić information content (AvgIpc) is 1.58. The van der Waals surface area contributed by atoms with Crippen LogP contribution in [0.25, 0.3) is 0 Å². The molecule has 9 heterocycles. The molecule has 5 fully saturated rings. The van der Waals surface area contributed by atoms with Gasteiger partial charge in [-0.1, -0.05) is 102 Å². The van der Waals surface area contributed by atoms with E-state index in [1.807, 2.05) is 93.6 Å². The van der Waals surface area contributed by atoms with E-state index in [0.717, 1.165) is 33.4 Å². The fourth-order valence-corrected chi connectivity index (χ4v) is 26.6. The number of aryl methyl sites for hydroxylation is 4. The Morgan fingerprint density at radius 2 is 0.650 bits per heavy atom. The highest BCUT2D eigenvalue weighted by molar-refractivity contribution is 7.95. The van der Waals surface area contributed by atoms with Crippen LogP contribution in [-0.4, -0.2) is 236 Å². The van der Waals surface area contributed by atoms with Gasteiger partial charge in [-0.25, -0.2) is 38.1 Å². The Balaban J connectivity index is 0.000000146. The number of fused-ring (bicyclic) bond motifs is 4. The van der Waals surface area contributed by atoms with Crippen LogP contribution in [0.1, 0.15) is 227 Å². The Bertz CT molecular complexity index is 6880. The molecular formula is C98H117FN12O22S4. The molecule has 0 spiro atoms. The number of ether oxygens (including phenoxy) is 1. The van der Waals surface area contributed by atoms with Gasteiger partial charge in [0.2, 0.25) is 0 Å². The van der Waals surface area contributed by atoms with Gasteiger partial charge in [0.25, 0.3) is 69.5 Å². The second kappa shape index (κ2) is 39.2. The zero-order valence-corrected chi connectivity index (χ0v) is 81.7. The highest BCUT2D eigenvalue weighted by Crippen LogP contribution is 2.52. The molecule has 4 aromatic heterocycles. The molecule has 0 unspecified atom stereocenters. The molecule has 0 bridgehead atoms. The van der Waals surface area contributed by atoms with Gasteiger partial charge in [-0.05, 0) is 209 Å². The molecule has 17 rings (SSSR count). The number of aliphatic hydroxyl groups is 1. The Kier molecular flexibility index (Phi) is 28.9.